The first kappa shape index (κ1) is 14.4. The second kappa shape index (κ2) is 5.17. The average Bonchev–Trinajstić information content (AvgIpc) is 2.65. The van der Waals surface area contributed by atoms with Crippen molar-refractivity contribution in [1.29, 1.82) is 0 Å². The van der Waals surface area contributed by atoms with Gasteiger partial charge < -0.3 is 4.74 Å². The van der Waals surface area contributed by atoms with Gasteiger partial charge in [-0.15, -0.1) is 11.3 Å². The van der Waals surface area contributed by atoms with Crippen LogP contribution in [0.3, 0.4) is 0 Å². The van der Waals surface area contributed by atoms with Crippen molar-refractivity contribution in [1.82, 2.24) is 4.98 Å². The summed E-state index contributed by atoms with van der Waals surface area (Å²) >= 11 is 4.50. The van der Waals surface area contributed by atoms with Crippen LogP contribution in [0.15, 0.2) is 16.6 Å². The number of rotatable bonds is 2. The van der Waals surface area contributed by atoms with Gasteiger partial charge in [0.2, 0.25) is 0 Å². The zero-order valence-corrected chi connectivity index (χ0v) is 13.2. The van der Waals surface area contributed by atoms with E-state index >= 15 is 0 Å². The molecule has 0 fully saturated rings. The largest absolute Gasteiger partial charge is 0.460 e. The molecule has 0 saturated heterocycles. The topological polar surface area (TPSA) is 39.2 Å². The number of carbonyl (C=O) groups is 1. The van der Waals surface area contributed by atoms with Crippen LogP contribution in [0.4, 0.5) is 4.39 Å². The Kier molecular flexibility index (Phi) is 3.92. The van der Waals surface area contributed by atoms with Gasteiger partial charge in [0.15, 0.2) is 0 Å². The summed E-state index contributed by atoms with van der Waals surface area (Å²) in [5.74, 6) is -0.686. The zero-order chi connectivity index (χ0) is 14.2. The first-order valence-electron chi connectivity index (χ1n) is 5.71. The van der Waals surface area contributed by atoms with E-state index in [1.807, 2.05) is 0 Å². The van der Waals surface area contributed by atoms with Gasteiger partial charge in [-0.3, -0.25) is 4.79 Å². The number of esters is 1. The molecular formula is C13H13BrFNO2S. The lowest BCUT2D eigenvalue weighted by Crippen LogP contribution is -2.24. The maximum Gasteiger partial charge on any atom is 0.313 e. The zero-order valence-electron chi connectivity index (χ0n) is 10.8. The van der Waals surface area contributed by atoms with Crippen molar-refractivity contribution < 1.29 is 13.9 Å². The minimum absolute atomic E-state index is 0.0580. The minimum atomic E-state index is -0.528. The lowest BCUT2D eigenvalue weighted by Gasteiger charge is -2.18. The van der Waals surface area contributed by atoms with E-state index in [2.05, 4.69) is 20.9 Å². The van der Waals surface area contributed by atoms with Gasteiger partial charge in [-0.05, 0) is 48.8 Å². The molecule has 0 radical (unpaired) electrons. The van der Waals surface area contributed by atoms with Crippen molar-refractivity contribution in [3.8, 4) is 0 Å². The average molecular weight is 346 g/mol. The lowest BCUT2D eigenvalue weighted by molar-refractivity contribution is -0.153. The Morgan fingerprint density at radius 2 is 2.16 bits per heavy atom. The van der Waals surface area contributed by atoms with Crippen molar-refractivity contribution >= 4 is 43.5 Å². The van der Waals surface area contributed by atoms with Gasteiger partial charge in [-0.2, -0.15) is 0 Å². The van der Waals surface area contributed by atoms with Gasteiger partial charge in [0.05, 0.1) is 16.6 Å². The van der Waals surface area contributed by atoms with Crippen molar-refractivity contribution in [2.24, 2.45) is 0 Å². The molecular weight excluding hydrogens is 333 g/mol. The van der Waals surface area contributed by atoms with Gasteiger partial charge in [0, 0.05) is 4.47 Å². The molecule has 1 aromatic heterocycles. The number of fused-ring (bicyclic) bond motifs is 1. The number of thiazole rings is 1. The van der Waals surface area contributed by atoms with Gasteiger partial charge in [0.1, 0.15) is 16.4 Å². The summed E-state index contributed by atoms with van der Waals surface area (Å²) in [5.41, 5.74) is 0.0168. The van der Waals surface area contributed by atoms with Crippen LogP contribution in [0.25, 0.3) is 10.2 Å². The molecule has 2 aromatic rings. The fraction of sp³-hybridized carbons (Fsp3) is 0.385. The summed E-state index contributed by atoms with van der Waals surface area (Å²) in [6, 6.07) is 2.98. The number of ether oxygens (including phenoxy) is 1. The van der Waals surface area contributed by atoms with E-state index in [9.17, 15) is 9.18 Å². The molecule has 0 spiro atoms. The number of carbonyl (C=O) groups excluding carboxylic acids is 1. The van der Waals surface area contributed by atoms with E-state index < -0.39 is 5.60 Å². The van der Waals surface area contributed by atoms with E-state index in [0.717, 1.165) is 4.47 Å². The van der Waals surface area contributed by atoms with Gasteiger partial charge >= 0.3 is 5.97 Å². The molecule has 0 bridgehead atoms. The molecule has 0 N–H and O–H groups in total. The summed E-state index contributed by atoms with van der Waals surface area (Å²) in [4.78, 5) is 16.0. The van der Waals surface area contributed by atoms with E-state index in [-0.39, 0.29) is 18.2 Å². The molecule has 0 unspecified atom stereocenters. The summed E-state index contributed by atoms with van der Waals surface area (Å²) in [5, 5.41) is 0.551. The smallest absolute Gasteiger partial charge is 0.313 e. The lowest BCUT2D eigenvalue weighted by atomic mass is 10.2. The van der Waals surface area contributed by atoms with Crippen molar-refractivity contribution in [3.05, 3.63) is 27.4 Å². The molecule has 0 aliphatic rings. The molecule has 1 heterocycles. The van der Waals surface area contributed by atoms with Gasteiger partial charge in [-0.1, -0.05) is 0 Å². The van der Waals surface area contributed by atoms with Crippen LogP contribution in [0.5, 0.6) is 0 Å². The van der Waals surface area contributed by atoms with E-state index in [4.69, 9.17) is 4.74 Å². The molecule has 0 aliphatic heterocycles. The van der Waals surface area contributed by atoms with Crippen LogP contribution in [0.1, 0.15) is 25.8 Å². The fourth-order valence-corrected chi connectivity index (χ4v) is 3.10. The summed E-state index contributed by atoms with van der Waals surface area (Å²) in [6.45, 7) is 5.42. The number of nitrogens with zero attached hydrogens (tertiary/aromatic N) is 1. The molecule has 102 valence electrons. The monoisotopic (exact) mass is 345 g/mol. The van der Waals surface area contributed by atoms with Crippen molar-refractivity contribution in [2.45, 2.75) is 32.8 Å². The number of hydrogen-bond donors (Lipinski definition) is 0. The Morgan fingerprint density at radius 3 is 2.74 bits per heavy atom. The second-order valence-electron chi connectivity index (χ2n) is 5.08. The van der Waals surface area contributed by atoms with E-state index in [1.165, 1.54) is 17.4 Å². The molecule has 0 atom stereocenters. The quantitative estimate of drug-likeness (QED) is 0.769. The Balaban J connectivity index is 2.25. The fourth-order valence-electron chi connectivity index (χ4n) is 1.57. The number of aromatic nitrogens is 1. The molecule has 0 amide bonds. The predicted molar refractivity (Wildman–Crippen MR) is 76.8 cm³/mol. The van der Waals surface area contributed by atoms with Crippen LogP contribution in [0, 0.1) is 5.82 Å². The van der Waals surface area contributed by atoms with Crippen LogP contribution in [0.2, 0.25) is 0 Å². The van der Waals surface area contributed by atoms with Crippen LogP contribution < -0.4 is 0 Å². The Morgan fingerprint density at radius 1 is 1.47 bits per heavy atom. The third-order valence-corrected chi connectivity index (χ3v) is 3.91. The van der Waals surface area contributed by atoms with Gasteiger partial charge in [0.25, 0.3) is 0 Å². The van der Waals surface area contributed by atoms with E-state index in [0.29, 0.717) is 15.2 Å². The van der Waals surface area contributed by atoms with Crippen molar-refractivity contribution in [3.63, 3.8) is 0 Å². The third kappa shape index (κ3) is 3.51. The summed E-state index contributed by atoms with van der Waals surface area (Å²) < 4.78 is 20.0. The minimum Gasteiger partial charge on any atom is -0.460 e. The molecule has 0 aliphatic carbocycles. The Bertz CT molecular complexity index is 594. The molecule has 6 heteroatoms. The number of benzene rings is 1. The highest BCUT2D eigenvalue weighted by atomic mass is 79.9. The molecule has 1 aromatic carbocycles. The van der Waals surface area contributed by atoms with Crippen LogP contribution >= 0.6 is 27.3 Å². The SMILES string of the molecule is CC(C)(C)OC(=O)Cc1nc2c(Br)ccc(F)c2s1. The first-order valence-corrected chi connectivity index (χ1v) is 7.32. The van der Waals surface area contributed by atoms with Crippen LogP contribution in [-0.2, 0) is 16.0 Å². The molecule has 2 rings (SSSR count). The number of halogens is 2. The maximum absolute atomic E-state index is 13.6. The highest BCUT2D eigenvalue weighted by Crippen LogP contribution is 2.31. The second-order valence-corrected chi connectivity index (χ2v) is 7.02. The highest BCUT2D eigenvalue weighted by Gasteiger charge is 2.19. The summed E-state index contributed by atoms with van der Waals surface area (Å²) in [7, 11) is 0. The molecule has 19 heavy (non-hydrogen) atoms. The summed E-state index contributed by atoms with van der Waals surface area (Å²) in [6.07, 6.45) is 0.0580. The standard InChI is InChI=1S/C13H13BrFNO2S/c1-13(2,3)18-10(17)6-9-16-11-7(14)4-5-8(15)12(11)19-9/h4-5H,6H2,1-3H3. The molecule has 3 nitrogen and oxygen atoms in total. The number of hydrogen-bond acceptors (Lipinski definition) is 4. The van der Waals surface area contributed by atoms with E-state index in [1.54, 1.807) is 26.8 Å². The van der Waals surface area contributed by atoms with Crippen molar-refractivity contribution in [2.75, 3.05) is 0 Å². The normalized spacial score (nSPS) is 11.8. The predicted octanol–water partition coefficient (Wildman–Crippen LogP) is 4.08. The van der Waals surface area contributed by atoms with Gasteiger partial charge in [-0.25, -0.2) is 9.37 Å². The van der Waals surface area contributed by atoms with Crippen LogP contribution in [-0.4, -0.2) is 16.6 Å². The Hall–Kier alpha value is -1.01. The third-order valence-electron chi connectivity index (χ3n) is 2.21. The Labute approximate surface area is 122 Å². The first-order chi connectivity index (χ1) is 8.76. The maximum atomic E-state index is 13.6. The molecule has 0 saturated carbocycles. The highest BCUT2D eigenvalue weighted by molar-refractivity contribution is 9.10.